The Morgan fingerprint density at radius 1 is 1.35 bits per heavy atom. The first-order chi connectivity index (χ1) is 7.99. The number of carbonyl (C=O) groups excluding carboxylic acids is 1. The summed E-state index contributed by atoms with van der Waals surface area (Å²) < 4.78 is 15.0. The average Bonchev–Trinajstić information content (AvgIpc) is 2.27. The number of carbonyl (C=O) groups is 1. The molecule has 0 aromatic heterocycles. The molecule has 0 radical (unpaired) electrons. The summed E-state index contributed by atoms with van der Waals surface area (Å²) in [5, 5.41) is 0. The maximum atomic E-state index is 11.4. The average molecular weight is 260 g/mol. The minimum Gasteiger partial charge on any atom is -0.493 e. The first-order valence-electron chi connectivity index (χ1n) is 4.86. The molecule has 0 heterocycles. The maximum Gasteiger partial charge on any atom is 0.340 e. The van der Waals surface area contributed by atoms with Gasteiger partial charge in [-0.25, -0.2) is 4.79 Å². The van der Waals surface area contributed by atoms with Crippen LogP contribution >= 0.6 is 11.6 Å². The zero-order valence-electron chi connectivity index (χ0n) is 9.82. The molecule has 5 nitrogen and oxygen atoms in total. The van der Waals surface area contributed by atoms with Gasteiger partial charge in [0.05, 0.1) is 25.5 Å². The fourth-order valence-electron chi connectivity index (χ4n) is 1.29. The van der Waals surface area contributed by atoms with E-state index >= 15 is 0 Å². The third kappa shape index (κ3) is 3.17. The molecule has 17 heavy (non-hydrogen) atoms. The summed E-state index contributed by atoms with van der Waals surface area (Å²) in [6.45, 7) is 1.66. The minimum absolute atomic E-state index is 0.221. The topological polar surface area (TPSA) is 70.8 Å². The lowest BCUT2D eigenvalue weighted by atomic mass is 10.1. The van der Waals surface area contributed by atoms with Crippen LogP contribution in [-0.2, 0) is 4.74 Å². The highest BCUT2D eigenvalue weighted by atomic mass is 35.5. The van der Waals surface area contributed by atoms with Crippen LogP contribution in [0.25, 0.3) is 0 Å². The molecule has 1 unspecified atom stereocenters. The van der Waals surface area contributed by atoms with Gasteiger partial charge in [-0.3, -0.25) is 0 Å². The van der Waals surface area contributed by atoms with Crippen LogP contribution in [0.3, 0.4) is 0 Å². The summed E-state index contributed by atoms with van der Waals surface area (Å²) in [6.07, 6.45) is 0. The third-order valence-corrected chi connectivity index (χ3v) is 2.12. The number of methoxy groups -OCH3 is 2. The monoisotopic (exact) mass is 259 g/mol. The Hall–Kier alpha value is -1.62. The van der Waals surface area contributed by atoms with Crippen molar-refractivity contribution in [1.82, 2.24) is 0 Å². The SMILES string of the molecule is COC(=O)c1cc(OC)c(OC(C)Cl)cc1N. The van der Waals surface area contributed by atoms with Crippen molar-refractivity contribution in [3.05, 3.63) is 17.7 Å². The van der Waals surface area contributed by atoms with Gasteiger partial charge >= 0.3 is 5.97 Å². The van der Waals surface area contributed by atoms with Crippen LogP contribution < -0.4 is 15.2 Å². The van der Waals surface area contributed by atoms with Crippen LogP contribution in [0.15, 0.2) is 12.1 Å². The van der Waals surface area contributed by atoms with Gasteiger partial charge in [-0.05, 0) is 6.92 Å². The number of rotatable bonds is 4. The highest BCUT2D eigenvalue weighted by Crippen LogP contribution is 2.33. The van der Waals surface area contributed by atoms with Gasteiger partial charge < -0.3 is 19.9 Å². The zero-order chi connectivity index (χ0) is 13.0. The number of benzene rings is 1. The molecule has 6 heteroatoms. The van der Waals surface area contributed by atoms with Gasteiger partial charge in [0.2, 0.25) is 0 Å². The predicted molar refractivity (Wildman–Crippen MR) is 64.7 cm³/mol. The Bertz CT molecular complexity index is 420. The molecule has 0 aliphatic carbocycles. The van der Waals surface area contributed by atoms with E-state index in [1.807, 2.05) is 0 Å². The zero-order valence-corrected chi connectivity index (χ0v) is 10.6. The van der Waals surface area contributed by atoms with E-state index in [1.165, 1.54) is 26.4 Å². The van der Waals surface area contributed by atoms with Gasteiger partial charge in [-0.1, -0.05) is 11.6 Å². The Labute approximate surface area is 104 Å². The number of halogens is 1. The molecule has 0 saturated heterocycles. The summed E-state index contributed by atoms with van der Waals surface area (Å²) >= 11 is 5.71. The second-order valence-corrected chi connectivity index (χ2v) is 3.86. The van der Waals surface area contributed by atoms with Gasteiger partial charge in [0, 0.05) is 12.1 Å². The number of ether oxygens (including phenoxy) is 3. The van der Waals surface area contributed by atoms with E-state index in [9.17, 15) is 4.79 Å². The van der Waals surface area contributed by atoms with E-state index in [0.29, 0.717) is 11.5 Å². The molecular weight excluding hydrogens is 246 g/mol. The molecular formula is C11H14ClNO4. The van der Waals surface area contributed by atoms with Gasteiger partial charge in [0.15, 0.2) is 17.1 Å². The molecule has 0 fully saturated rings. The maximum absolute atomic E-state index is 11.4. The second kappa shape index (κ2) is 5.63. The second-order valence-electron chi connectivity index (χ2n) is 3.24. The number of esters is 1. The van der Waals surface area contributed by atoms with Gasteiger partial charge in [0.25, 0.3) is 0 Å². The van der Waals surface area contributed by atoms with Crippen LogP contribution in [-0.4, -0.2) is 25.8 Å². The molecule has 94 valence electrons. The smallest absolute Gasteiger partial charge is 0.340 e. The molecule has 0 bridgehead atoms. The Balaban J connectivity index is 3.19. The summed E-state index contributed by atoms with van der Waals surface area (Å²) in [5.74, 6) is 0.207. The molecule has 0 saturated carbocycles. The fraction of sp³-hybridized carbons (Fsp3) is 0.364. The van der Waals surface area contributed by atoms with E-state index in [0.717, 1.165) is 0 Å². The standard InChI is InChI=1S/C11H14ClNO4/c1-6(12)17-10-5-8(13)7(11(14)16-3)4-9(10)15-2/h4-6H,13H2,1-3H3. The summed E-state index contributed by atoms with van der Waals surface area (Å²) in [4.78, 5) is 11.4. The molecule has 1 aromatic rings. The minimum atomic E-state index is -0.536. The lowest BCUT2D eigenvalue weighted by Gasteiger charge is -2.14. The van der Waals surface area contributed by atoms with Crippen LogP contribution in [0.2, 0.25) is 0 Å². The van der Waals surface area contributed by atoms with E-state index in [-0.39, 0.29) is 11.3 Å². The van der Waals surface area contributed by atoms with Crippen LogP contribution in [0, 0.1) is 0 Å². The number of hydrogen-bond acceptors (Lipinski definition) is 5. The van der Waals surface area contributed by atoms with Crippen molar-refractivity contribution in [2.75, 3.05) is 20.0 Å². The quantitative estimate of drug-likeness (QED) is 0.509. The van der Waals surface area contributed by atoms with Gasteiger partial charge in [-0.2, -0.15) is 0 Å². The number of nitrogens with two attached hydrogens (primary N) is 1. The lowest BCUT2D eigenvalue weighted by Crippen LogP contribution is -2.09. The lowest BCUT2D eigenvalue weighted by molar-refractivity contribution is 0.0601. The van der Waals surface area contributed by atoms with Crippen molar-refractivity contribution in [2.24, 2.45) is 0 Å². The van der Waals surface area contributed by atoms with Crippen molar-refractivity contribution in [2.45, 2.75) is 12.5 Å². The van der Waals surface area contributed by atoms with Crippen molar-refractivity contribution in [3.8, 4) is 11.5 Å². The molecule has 1 atom stereocenters. The largest absolute Gasteiger partial charge is 0.493 e. The van der Waals surface area contributed by atoms with E-state index in [1.54, 1.807) is 6.92 Å². The summed E-state index contributed by atoms with van der Waals surface area (Å²) in [6, 6.07) is 2.93. The van der Waals surface area contributed by atoms with Crippen molar-refractivity contribution < 1.29 is 19.0 Å². The van der Waals surface area contributed by atoms with Crippen LogP contribution in [0.4, 0.5) is 5.69 Å². The first kappa shape index (κ1) is 13.4. The molecule has 0 aliphatic heterocycles. The normalized spacial score (nSPS) is 11.8. The van der Waals surface area contributed by atoms with E-state index < -0.39 is 11.5 Å². The number of hydrogen-bond donors (Lipinski definition) is 1. The highest BCUT2D eigenvalue weighted by Gasteiger charge is 2.16. The van der Waals surface area contributed by atoms with E-state index in [4.69, 9.17) is 26.8 Å². The molecule has 1 rings (SSSR count). The Kier molecular flexibility index (Phi) is 4.45. The fourth-order valence-corrected chi connectivity index (χ4v) is 1.38. The van der Waals surface area contributed by atoms with E-state index in [2.05, 4.69) is 4.74 Å². The molecule has 0 aliphatic rings. The van der Waals surface area contributed by atoms with Gasteiger partial charge in [-0.15, -0.1) is 0 Å². The molecule has 2 N–H and O–H groups in total. The molecule has 1 aromatic carbocycles. The Morgan fingerprint density at radius 2 is 2.00 bits per heavy atom. The molecule has 0 spiro atoms. The van der Waals surface area contributed by atoms with Crippen molar-refractivity contribution in [1.29, 1.82) is 0 Å². The van der Waals surface area contributed by atoms with Gasteiger partial charge in [0.1, 0.15) is 0 Å². The van der Waals surface area contributed by atoms with Crippen molar-refractivity contribution >= 4 is 23.3 Å². The summed E-state index contributed by atoms with van der Waals surface area (Å²) in [5.41, 5.74) is 5.64. The highest BCUT2D eigenvalue weighted by molar-refractivity contribution is 6.19. The number of alkyl halides is 1. The van der Waals surface area contributed by atoms with Crippen LogP contribution in [0.1, 0.15) is 17.3 Å². The number of anilines is 1. The predicted octanol–water partition coefficient (Wildman–Crippen LogP) is 2.03. The molecule has 0 amide bonds. The first-order valence-corrected chi connectivity index (χ1v) is 5.29. The van der Waals surface area contributed by atoms with Crippen molar-refractivity contribution in [3.63, 3.8) is 0 Å². The van der Waals surface area contributed by atoms with Crippen LogP contribution in [0.5, 0.6) is 11.5 Å². The summed E-state index contributed by atoms with van der Waals surface area (Å²) in [7, 11) is 2.73. The number of nitrogen functional groups attached to an aromatic ring is 1. The third-order valence-electron chi connectivity index (χ3n) is 2.03. The Morgan fingerprint density at radius 3 is 2.47 bits per heavy atom.